The minimum atomic E-state index is -0.323. The third-order valence-corrected chi connectivity index (χ3v) is 3.65. The van der Waals surface area contributed by atoms with Crippen LogP contribution in [-0.4, -0.2) is 36.7 Å². The smallest absolute Gasteiger partial charge is 0.307 e. The van der Waals surface area contributed by atoms with Gasteiger partial charge in [-0.05, 0) is 25.5 Å². The van der Waals surface area contributed by atoms with Crippen LogP contribution in [0.2, 0.25) is 0 Å². The summed E-state index contributed by atoms with van der Waals surface area (Å²) in [5, 5.41) is 11.4. The molecule has 1 amide bonds. The number of thiophene rings is 1. The molecule has 114 valence electrons. The van der Waals surface area contributed by atoms with E-state index in [2.05, 4.69) is 17.2 Å². The molecule has 0 unspecified atom stereocenters. The fraction of sp³-hybridized carbons (Fsp3) is 0.467. The minimum Gasteiger partial charge on any atom is -0.466 e. The van der Waals surface area contributed by atoms with Crippen molar-refractivity contribution in [2.75, 3.05) is 19.8 Å². The zero-order chi connectivity index (χ0) is 15.7. The Morgan fingerprint density at radius 2 is 2.24 bits per heavy atom. The molecule has 0 radical (unpaired) electrons. The predicted octanol–water partition coefficient (Wildman–Crippen LogP) is 1.47. The summed E-state index contributed by atoms with van der Waals surface area (Å²) in [6, 6.07) is 1.77. The van der Waals surface area contributed by atoms with Crippen molar-refractivity contribution >= 4 is 23.2 Å². The number of nitrogens with one attached hydrogen (secondary N) is 1. The highest BCUT2D eigenvalue weighted by molar-refractivity contribution is 7.14. The standard InChI is InChI=1S/C15H19NO4S/c1-3-20-14(18)7-8-16-15(19)13-10-11(2)12(21-13)6-4-5-9-17/h10,17H,3,5,7-9H2,1-2H3,(H,16,19). The molecule has 0 bridgehead atoms. The first-order valence-corrected chi connectivity index (χ1v) is 7.54. The van der Waals surface area contributed by atoms with Gasteiger partial charge in [0.25, 0.3) is 5.91 Å². The van der Waals surface area contributed by atoms with E-state index in [4.69, 9.17) is 9.84 Å². The predicted molar refractivity (Wildman–Crippen MR) is 81.2 cm³/mol. The molecule has 1 aromatic rings. The van der Waals surface area contributed by atoms with E-state index < -0.39 is 0 Å². The summed E-state index contributed by atoms with van der Waals surface area (Å²) < 4.78 is 4.78. The summed E-state index contributed by atoms with van der Waals surface area (Å²) in [5.41, 5.74) is 0.931. The fourth-order valence-corrected chi connectivity index (χ4v) is 2.48. The molecule has 1 heterocycles. The third-order valence-electron chi connectivity index (χ3n) is 2.50. The van der Waals surface area contributed by atoms with E-state index in [0.29, 0.717) is 17.9 Å². The summed E-state index contributed by atoms with van der Waals surface area (Å²) in [5.74, 6) is 5.23. The van der Waals surface area contributed by atoms with Gasteiger partial charge in [-0.25, -0.2) is 0 Å². The topological polar surface area (TPSA) is 75.6 Å². The van der Waals surface area contributed by atoms with E-state index in [0.717, 1.165) is 10.4 Å². The Kier molecular flexibility index (Phi) is 7.51. The molecule has 0 spiro atoms. The van der Waals surface area contributed by atoms with Crippen LogP contribution in [0.15, 0.2) is 6.07 Å². The highest BCUT2D eigenvalue weighted by atomic mass is 32.1. The highest BCUT2D eigenvalue weighted by Gasteiger charge is 2.11. The first-order chi connectivity index (χ1) is 10.1. The van der Waals surface area contributed by atoms with Crippen LogP contribution >= 0.6 is 11.3 Å². The molecule has 0 saturated carbocycles. The van der Waals surface area contributed by atoms with Gasteiger partial charge in [0.2, 0.25) is 0 Å². The minimum absolute atomic E-state index is 0.0264. The van der Waals surface area contributed by atoms with Gasteiger partial charge >= 0.3 is 5.97 Å². The van der Waals surface area contributed by atoms with Crippen LogP contribution in [0.4, 0.5) is 0 Å². The lowest BCUT2D eigenvalue weighted by Crippen LogP contribution is -2.25. The van der Waals surface area contributed by atoms with Crippen LogP contribution in [0, 0.1) is 18.8 Å². The number of hydrogen-bond acceptors (Lipinski definition) is 5. The number of aliphatic hydroxyl groups excluding tert-OH is 1. The van der Waals surface area contributed by atoms with Gasteiger partial charge in [0.05, 0.1) is 29.4 Å². The Hall–Kier alpha value is -1.84. The Labute approximate surface area is 128 Å². The Balaban J connectivity index is 2.54. The first-order valence-electron chi connectivity index (χ1n) is 6.72. The molecule has 1 aromatic heterocycles. The maximum atomic E-state index is 11.9. The number of aryl methyl sites for hydroxylation is 1. The summed E-state index contributed by atoms with van der Waals surface area (Å²) in [4.78, 5) is 24.5. The van der Waals surface area contributed by atoms with E-state index >= 15 is 0 Å². The monoisotopic (exact) mass is 309 g/mol. The average molecular weight is 309 g/mol. The molecule has 0 fully saturated rings. The molecular weight excluding hydrogens is 290 g/mol. The van der Waals surface area contributed by atoms with Gasteiger partial charge in [0.15, 0.2) is 0 Å². The van der Waals surface area contributed by atoms with Crippen molar-refractivity contribution in [1.82, 2.24) is 5.32 Å². The van der Waals surface area contributed by atoms with Gasteiger partial charge in [0.1, 0.15) is 0 Å². The number of aliphatic hydroxyl groups is 1. The number of carbonyl (C=O) groups excluding carboxylic acids is 2. The fourth-order valence-electron chi connectivity index (χ4n) is 1.52. The van der Waals surface area contributed by atoms with Crippen LogP contribution in [-0.2, 0) is 9.53 Å². The summed E-state index contributed by atoms with van der Waals surface area (Å²) in [7, 11) is 0. The second-order valence-electron chi connectivity index (χ2n) is 4.21. The zero-order valence-corrected chi connectivity index (χ0v) is 13.0. The molecule has 0 aliphatic heterocycles. The lowest BCUT2D eigenvalue weighted by atomic mass is 10.2. The van der Waals surface area contributed by atoms with Crippen LogP contribution < -0.4 is 5.32 Å². The number of amides is 1. The van der Waals surface area contributed by atoms with Gasteiger partial charge in [-0.3, -0.25) is 9.59 Å². The van der Waals surface area contributed by atoms with Crippen LogP contribution in [0.25, 0.3) is 0 Å². The number of esters is 1. The molecule has 1 rings (SSSR count). The van der Waals surface area contributed by atoms with E-state index in [1.807, 2.05) is 6.92 Å². The quantitative estimate of drug-likeness (QED) is 0.616. The number of rotatable bonds is 6. The highest BCUT2D eigenvalue weighted by Crippen LogP contribution is 2.20. The molecule has 5 nitrogen and oxygen atoms in total. The van der Waals surface area contributed by atoms with Gasteiger partial charge in [-0.1, -0.05) is 11.8 Å². The van der Waals surface area contributed by atoms with Crippen LogP contribution in [0.5, 0.6) is 0 Å². The van der Waals surface area contributed by atoms with Gasteiger partial charge in [-0.15, -0.1) is 11.3 Å². The van der Waals surface area contributed by atoms with Crippen molar-refractivity contribution in [2.45, 2.75) is 26.7 Å². The molecule has 0 aliphatic rings. The third kappa shape index (κ3) is 5.98. The van der Waals surface area contributed by atoms with Crippen molar-refractivity contribution in [3.05, 3.63) is 21.4 Å². The molecule has 21 heavy (non-hydrogen) atoms. The van der Waals surface area contributed by atoms with E-state index in [9.17, 15) is 9.59 Å². The molecule has 0 aliphatic carbocycles. The van der Waals surface area contributed by atoms with Crippen LogP contribution in [0.1, 0.15) is 39.9 Å². The van der Waals surface area contributed by atoms with Gasteiger partial charge in [0, 0.05) is 13.0 Å². The van der Waals surface area contributed by atoms with E-state index in [1.165, 1.54) is 11.3 Å². The normalized spacial score (nSPS) is 9.67. The maximum Gasteiger partial charge on any atom is 0.307 e. The maximum absolute atomic E-state index is 11.9. The number of hydrogen-bond donors (Lipinski definition) is 2. The van der Waals surface area contributed by atoms with E-state index in [1.54, 1.807) is 13.0 Å². The average Bonchev–Trinajstić information content (AvgIpc) is 2.81. The van der Waals surface area contributed by atoms with Gasteiger partial charge in [-0.2, -0.15) is 0 Å². The number of ether oxygens (including phenoxy) is 1. The largest absolute Gasteiger partial charge is 0.466 e. The second kappa shape index (κ2) is 9.16. The molecule has 0 atom stereocenters. The number of carbonyl (C=O) groups is 2. The molecule has 2 N–H and O–H groups in total. The summed E-state index contributed by atoms with van der Waals surface area (Å²) >= 11 is 1.30. The molecule has 0 saturated heterocycles. The van der Waals surface area contributed by atoms with Crippen molar-refractivity contribution in [2.24, 2.45) is 0 Å². The summed E-state index contributed by atoms with van der Waals surface area (Å²) in [6.07, 6.45) is 0.575. The van der Waals surface area contributed by atoms with E-state index in [-0.39, 0.29) is 31.4 Å². The van der Waals surface area contributed by atoms with Crippen molar-refractivity contribution in [3.63, 3.8) is 0 Å². The Morgan fingerprint density at radius 1 is 1.48 bits per heavy atom. The van der Waals surface area contributed by atoms with Gasteiger partial charge < -0.3 is 15.2 Å². The molecule has 0 aromatic carbocycles. The SMILES string of the molecule is CCOC(=O)CCNC(=O)c1cc(C)c(C#CCCO)s1. The van der Waals surface area contributed by atoms with Crippen molar-refractivity contribution in [3.8, 4) is 11.8 Å². The first kappa shape index (κ1) is 17.2. The lowest BCUT2D eigenvalue weighted by molar-refractivity contribution is -0.142. The van der Waals surface area contributed by atoms with Crippen molar-refractivity contribution < 1.29 is 19.4 Å². The lowest BCUT2D eigenvalue weighted by Gasteiger charge is -2.03. The van der Waals surface area contributed by atoms with Crippen LogP contribution in [0.3, 0.4) is 0 Å². The zero-order valence-electron chi connectivity index (χ0n) is 12.2. The van der Waals surface area contributed by atoms with Crippen molar-refractivity contribution in [1.29, 1.82) is 0 Å². The molecular formula is C15H19NO4S. The second-order valence-corrected chi connectivity index (χ2v) is 5.26. The Bertz CT molecular complexity index is 554. The Morgan fingerprint density at radius 3 is 2.90 bits per heavy atom. The summed E-state index contributed by atoms with van der Waals surface area (Å²) in [6.45, 7) is 4.24. The molecule has 6 heteroatoms.